The van der Waals surface area contributed by atoms with E-state index in [4.69, 9.17) is 4.74 Å². The number of rotatable bonds is 3. The van der Waals surface area contributed by atoms with E-state index < -0.39 is 5.60 Å². The van der Waals surface area contributed by atoms with Crippen molar-refractivity contribution in [3.63, 3.8) is 0 Å². The fourth-order valence-electron chi connectivity index (χ4n) is 2.16. The van der Waals surface area contributed by atoms with E-state index in [1.165, 1.54) is 0 Å². The fraction of sp³-hybridized carbons (Fsp3) is 0.733. The van der Waals surface area contributed by atoms with Crippen LogP contribution in [0, 0.1) is 0 Å². The van der Waals surface area contributed by atoms with Gasteiger partial charge in [0.1, 0.15) is 5.60 Å². The molecule has 5 heteroatoms. The highest BCUT2D eigenvalue weighted by molar-refractivity contribution is 5.77. The van der Waals surface area contributed by atoms with Gasteiger partial charge >= 0.3 is 6.09 Å². The molecule has 0 spiro atoms. The minimum Gasteiger partial charge on any atom is -0.444 e. The van der Waals surface area contributed by atoms with Crippen LogP contribution in [0.5, 0.6) is 0 Å². The molecule has 1 saturated heterocycles. The molecule has 5 nitrogen and oxygen atoms in total. The summed E-state index contributed by atoms with van der Waals surface area (Å²) in [7, 11) is 0. The van der Waals surface area contributed by atoms with Gasteiger partial charge in [-0.05, 0) is 34.1 Å². The first-order chi connectivity index (χ1) is 9.24. The second-order valence-corrected chi connectivity index (χ2v) is 6.19. The van der Waals surface area contributed by atoms with Crippen LogP contribution in [-0.2, 0) is 9.53 Å². The van der Waals surface area contributed by atoms with Crippen molar-refractivity contribution in [3.05, 3.63) is 12.7 Å². The molecule has 0 saturated carbocycles. The van der Waals surface area contributed by atoms with E-state index in [1.54, 1.807) is 11.0 Å². The Kier molecular flexibility index (Phi) is 5.60. The third-order valence-corrected chi connectivity index (χ3v) is 3.17. The van der Waals surface area contributed by atoms with E-state index in [-0.39, 0.29) is 18.0 Å². The number of allylic oxidation sites excluding steroid dienone is 1. The maximum Gasteiger partial charge on any atom is 0.410 e. The summed E-state index contributed by atoms with van der Waals surface area (Å²) in [6.45, 7) is 12.8. The highest BCUT2D eigenvalue weighted by atomic mass is 16.6. The van der Waals surface area contributed by atoms with Crippen LogP contribution in [-0.4, -0.2) is 53.1 Å². The van der Waals surface area contributed by atoms with E-state index in [9.17, 15) is 9.59 Å². The zero-order valence-corrected chi connectivity index (χ0v) is 13.0. The van der Waals surface area contributed by atoms with Crippen LogP contribution in [0.25, 0.3) is 0 Å². The highest BCUT2D eigenvalue weighted by Gasteiger charge is 2.32. The summed E-state index contributed by atoms with van der Waals surface area (Å²) in [6, 6.07) is -0.0220. The lowest BCUT2D eigenvalue weighted by molar-refractivity contribution is -0.134. The molecule has 0 aromatic heterocycles. The summed E-state index contributed by atoms with van der Waals surface area (Å²) in [5.74, 6) is 0.126. The molecule has 1 aliphatic rings. The number of amides is 2. The Balaban J connectivity index is 2.53. The number of hydrogen-bond acceptors (Lipinski definition) is 3. The van der Waals surface area contributed by atoms with Crippen LogP contribution < -0.4 is 0 Å². The van der Waals surface area contributed by atoms with Crippen molar-refractivity contribution >= 4 is 12.0 Å². The molecule has 0 unspecified atom stereocenters. The van der Waals surface area contributed by atoms with Gasteiger partial charge in [0.15, 0.2) is 0 Å². The molecule has 0 aromatic carbocycles. The summed E-state index contributed by atoms with van der Waals surface area (Å²) in [6.07, 6.45) is 2.63. The second-order valence-electron chi connectivity index (χ2n) is 6.19. The number of nitrogens with zero attached hydrogens (tertiary/aromatic N) is 2. The molecule has 114 valence electrons. The van der Waals surface area contributed by atoms with Crippen LogP contribution >= 0.6 is 0 Å². The molecular formula is C15H26N2O3. The van der Waals surface area contributed by atoms with Crippen molar-refractivity contribution in [3.8, 4) is 0 Å². The van der Waals surface area contributed by atoms with Crippen molar-refractivity contribution in [2.45, 2.75) is 52.2 Å². The quantitative estimate of drug-likeness (QED) is 0.747. The first-order valence-corrected chi connectivity index (χ1v) is 7.13. The molecule has 1 fully saturated rings. The average Bonchev–Trinajstić information content (AvgIpc) is 2.33. The van der Waals surface area contributed by atoms with Crippen molar-refractivity contribution in [2.24, 2.45) is 0 Å². The van der Waals surface area contributed by atoms with Crippen molar-refractivity contribution in [2.75, 3.05) is 19.6 Å². The fourth-order valence-corrected chi connectivity index (χ4v) is 2.16. The molecule has 1 heterocycles. The van der Waals surface area contributed by atoms with Gasteiger partial charge in [0.25, 0.3) is 0 Å². The van der Waals surface area contributed by atoms with E-state index in [2.05, 4.69) is 6.58 Å². The van der Waals surface area contributed by atoms with Crippen molar-refractivity contribution in [1.29, 1.82) is 0 Å². The normalized spacial score (nSPS) is 19.7. The monoisotopic (exact) mass is 282 g/mol. The van der Waals surface area contributed by atoms with Crippen LogP contribution in [0.1, 0.15) is 40.5 Å². The van der Waals surface area contributed by atoms with E-state index in [1.807, 2.05) is 32.6 Å². The summed E-state index contributed by atoms with van der Waals surface area (Å²) in [4.78, 5) is 27.5. The molecule has 20 heavy (non-hydrogen) atoms. The Morgan fingerprint density at radius 1 is 1.35 bits per heavy atom. The van der Waals surface area contributed by atoms with Gasteiger partial charge in [0.05, 0.1) is 0 Å². The lowest BCUT2D eigenvalue weighted by Crippen LogP contribution is -2.56. The molecule has 0 aliphatic carbocycles. The molecular weight excluding hydrogens is 256 g/mol. The van der Waals surface area contributed by atoms with Gasteiger partial charge in [0.2, 0.25) is 5.91 Å². The van der Waals surface area contributed by atoms with E-state index >= 15 is 0 Å². The molecule has 1 rings (SSSR count). The Morgan fingerprint density at radius 3 is 2.50 bits per heavy atom. The lowest BCUT2D eigenvalue weighted by atomic mass is 10.1. The molecule has 0 bridgehead atoms. The maximum absolute atomic E-state index is 12.1. The van der Waals surface area contributed by atoms with Crippen LogP contribution in [0.15, 0.2) is 12.7 Å². The minimum atomic E-state index is -0.492. The third-order valence-electron chi connectivity index (χ3n) is 3.17. The first-order valence-electron chi connectivity index (χ1n) is 7.13. The summed E-state index contributed by atoms with van der Waals surface area (Å²) in [5, 5.41) is 0. The molecule has 2 amide bonds. The van der Waals surface area contributed by atoms with Crippen LogP contribution in [0.2, 0.25) is 0 Å². The molecule has 1 aliphatic heterocycles. The summed E-state index contributed by atoms with van der Waals surface area (Å²) < 4.78 is 5.38. The average molecular weight is 282 g/mol. The van der Waals surface area contributed by atoms with Gasteiger partial charge < -0.3 is 14.5 Å². The zero-order valence-electron chi connectivity index (χ0n) is 13.0. The summed E-state index contributed by atoms with van der Waals surface area (Å²) >= 11 is 0. The number of carbonyl (C=O) groups excluding carboxylic acids is 2. The van der Waals surface area contributed by atoms with Crippen LogP contribution in [0.4, 0.5) is 4.79 Å². The van der Waals surface area contributed by atoms with Crippen molar-refractivity contribution < 1.29 is 14.3 Å². The molecule has 0 radical (unpaired) electrons. The zero-order chi connectivity index (χ0) is 15.3. The van der Waals surface area contributed by atoms with E-state index in [0.29, 0.717) is 32.5 Å². The largest absolute Gasteiger partial charge is 0.444 e. The van der Waals surface area contributed by atoms with Gasteiger partial charge in [-0.1, -0.05) is 6.08 Å². The molecule has 0 N–H and O–H groups in total. The van der Waals surface area contributed by atoms with Gasteiger partial charge in [-0.2, -0.15) is 0 Å². The second kappa shape index (κ2) is 6.77. The van der Waals surface area contributed by atoms with E-state index in [0.717, 1.165) is 0 Å². The number of carbonyl (C=O) groups is 2. The Labute approximate surface area is 121 Å². The highest BCUT2D eigenvalue weighted by Crippen LogP contribution is 2.16. The lowest BCUT2D eigenvalue weighted by Gasteiger charge is -2.40. The Morgan fingerprint density at radius 2 is 2.00 bits per heavy atom. The topological polar surface area (TPSA) is 49.9 Å². The van der Waals surface area contributed by atoms with Gasteiger partial charge in [-0.15, -0.1) is 6.58 Å². The standard InChI is InChI=1S/C15H26N2O3/c1-6-7-8-13(18)16-9-10-17(12(2)11-16)14(19)20-15(3,4)5/h6,12H,1,7-11H2,2-5H3/t12-/m1/s1. The van der Waals surface area contributed by atoms with Crippen molar-refractivity contribution in [1.82, 2.24) is 9.80 Å². The van der Waals surface area contributed by atoms with Gasteiger partial charge in [-0.25, -0.2) is 4.79 Å². The number of piperazine rings is 1. The van der Waals surface area contributed by atoms with Gasteiger partial charge in [0, 0.05) is 32.1 Å². The number of ether oxygens (including phenoxy) is 1. The molecule has 1 atom stereocenters. The predicted molar refractivity (Wildman–Crippen MR) is 78.4 cm³/mol. The maximum atomic E-state index is 12.1. The summed E-state index contributed by atoms with van der Waals surface area (Å²) in [5.41, 5.74) is -0.492. The number of hydrogen-bond donors (Lipinski definition) is 0. The third kappa shape index (κ3) is 4.87. The Hall–Kier alpha value is -1.52. The molecule has 0 aromatic rings. The van der Waals surface area contributed by atoms with Crippen LogP contribution in [0.3, 0.4) is 0 Å². The minimum absolute atomic E-state index is 0.0220. The predicted octanol–water partition coefficient (Wildman–Crippen LogP) is 2.42. The SMILES string of the molecule is C=CCCC(=O)N1CCN(C(=O)OC(C)(C)C)[C@H](C)C1. The Bertz CT molecular complexity index is 374. The first kappa shape index (κ1) is 16.5. The smallest absolute Gasteiger partial charge is 0.410 e. The van der Waals surface area contributed by atoms with Gasteiger partial charge in [-0.3, -0.25) is 4.79 Å².